The summed E-state index contributed by atoms with van der Waals surface area (Å²) in [6.07, 6.45) is 17.1. The number of para-hydroxylation sites is 5. The molecule has 0 amide bonds. The van der Waals surface area contributed by atoms with Gasteiger partial charge in [-0.1, -0.05) is 18.2 Å². The van der Waals surface area contributed by atoms with Gasteiger partial charge >= 0.3 is 0 Å². The number of benzene rings is 5. The average Bonchev–Trinajstić information content (AvgIpc) is 4.33. The minimum absolute atomic E-state index is 0. The quantitative estimate of drug-likeness (QED) is 0.140. The van der Waals surface area contributed by atoms with Crippen LogP contribution in [-0.2, 0) is 80.4 Å². The van der Waals surface area contributed by atoms with E-state index < -0.39 is 0 Å². The van der Waals surface area contributed by atoms with E-state index in [-0.39, 0.29) is 80.4 Å². The summed E-state index contributed by atoms with van der Waals surface area (Å²) in [6, 6.07) is 56.8. The van der Waals surface area contributed by atoms with E-state index in [0.29, 0.717) is 6.04 Å². The van der Waals surface area contributed by atoms with Crippen molar-refractivity contribution >= 4 is 80.1 Å². The molecule has 418 valence electrons. The molecule has 0 aliphatic carbocycles. The van der Waals surface area contributed by atoms with Crippen molar-refractivity contribution in [2.75, 3.05) is 46.2 Å². The summed E-state index contributed by atoms with van der Waals surface area (Å²) in [5, 5.41) is 0. The molecule has 4 radical (unpaired) electrons. The van der Waals surface area contributed by atoms with Crippen LogP contribution in [-0.4, -0.2) is 57.9 Å². The second kappa shape index (κ2) is 28.8. The van der Waals surface area contributed by atoms with Gasteiger partial charge in [-0.2, -0.15) is 128 Å². The largest absolute Gasteiger partial charge is 0.501 e. The molecule has 10 aromatic rings. The number of hydrogen-bond donors (Lipinski definition) is 0. The van der Waals surface area contributed by atoms with Crippen molar-refractivity contribution in [3.05, 3.63) is 252 Å². The number of hydrogen-bond acceptors (Lipinski definition) is 17. The maximum atomic E-state index is 4.44. The Morgan fingerprint density at radius 1 is 0.383 bits per heavy atom. The van der Waals surface area contributed by atoms with E-state index in [1.807, 2.05) is 203 Å². The maximum Gasteiger partial charge on any atom is 0.128 e. The average molecular weight is 1780 g/mol. The Kier molecular flexibility index (Phi) is 21.8. The molecule has 21 heteroatoms. The molecule has 17 nitrogen and oxygen atoms in total. The van der Waals surface area contributed by atoms with E-state index in [2.05, 4.69) is 118 Å². The third kappa shape index (κ3) is 13.5. The van der Waals surface area contributed by atoms with Crippen LogP contribution in [0.4, 0.5) is 80.1 Å². The van der Waals surface area contributed by atoms with Crippen molar-refractivity contribution in [3.63, 3.8) is 0 Å². The van der Waals surface area contributed by atoms with E-state index in [1.165, 1.54) is 5.56 Å². The zero-order chi connectivity index (χ0) is 52.5. The van der Waals surface area contributed by atoms with Gasteiger partial charge in [-0.15, -0.1) is 42.8 Å². The van der Waals surface area contributed by atoms with Gasteiger partial charge in [-0.05, 0) is 57.6 Å². The monoisotopic (exact) mass is 1780 g/mol. The van der Waals surface area contributed by atoms with Crippen molar-refractivity contribution in [1.82, 2.24) is 44.9 Å². The Morgan fingerprint density at radius 3 is 1.22 bits per heavy atom. The van der Waals surface area contributed by atoms with Crippen LogP contribution in [0, 0.1) is 57.9 Å². The fourth-order valence-electron chi connectivity index (χ4n) is 8.76. The van der Waals surface area contributed by atoms with Gasteiger partial charge in [-0.3, -0.25) is 4.98 Å². The van der Waals surface area contributed by atoms with Crippen LogP contribution in [0.25, 0.3) is 0 Å². The predicted molar refractivity (Wildman–Crippen MR) is 301 cm³/mol. The third-order valence-corrected chi connectivity index (χ3v) is 12.5. The van der Waals surface area contributed by atoms with Crippen LogP contribution >= 0.6 is 0 Å². The SMILES string of the molecule is CC(C)N1[CH-]N(c2[c-]cccc2)c2ncncc21.CN1[CH-]N(c2[c-]cccc2)c2ncncc21.Cc1ccccc1N1[CH-]N(c2[c-]cccc2)c2ncncc21.[Ir].[Ir].[Ir].[Ir].[c-]1ccccc1N1[CH-]N(c2ccncc2)c2cncnc21. The Morgan fingerprint density at radius 2 is 0.765 bits per heavy atom. The van der Waals surface area contributed by atoms with Gasteiger partial charge in [0.15, 0.2) is 0 Å². The van der Waals surface area contributed by atoms with E-state index in [4.69, 9.17) is 0 Å². The Labute approximate surface area is 526 Å². The third-order valence-electron chi connectivity index (χ3n) is 12.5. The van der Waals surface area contributed by atoms with E-state index in [1.54, 1.807) is 37.7 Å². The first-order valence-corrected chi connectivity index (χ1v) is 24.6. The minimum Gasteiger partial charge on any atom is -0.501 e. The molecule has 9 heterocycles. The Balaban J connectivity index is 0.000000154. The summed E-state index contributed by atoms with van der Waals surface area (Å²) >= 11 is 0. The van der Waals surface area contributed by atoms with Crippen LogP contribution in [0.5, 0.6) is 0 Å². The number of fused-ring (bicyclic) bond motifs is 4. The van der Waals surface area contributed by atoms with Gasteiger partial charge in [-0.25, -0.2) is 39.9 Å². The van der Waals surface area contributed by atoms with Crippen molar-refractivity contribution in [2.24, 2.45) is 0 Å². The second-order valence-electron chi connectivity index (χ2n) is 17.7. The molecule has 0 bridgehead atoms. The van der Waals surface area contributed by atoms with Crippen molar-refractivity contribution in [1.29, 1.82) is 0 Å². The van der Waals surface area contributed by atoms with Crippen molar-refractivity contribution in [3.8, 4) is 0 Å². The molecule has 0 saturated carbocycles. The molecule has 0 N–H and O–H groups in total. The number of nitrogens with zero attached hydrogens (tertiary/aromatic N) is 17. The summed E-state index contributed by atoms with van der Waals surface area (Å²) in [7, 11) is 1.98. The summed E-state index contributed by atoms with van der Waals surface area (Å²) in [5.41, 5.74) is 11.1. The van der Waals surface area contributed by atoms with Gasteiger partial charge < -0.3 is 39.2 Å². The van der Waals surface area contributed by atoms with Crippen LogP contribution in [0.15, 0.2) is 196 Å². The maximum absolute atomic E-state index is 4.44. The van der Waals surface area contributed by atoms with Crippen LogP contribution in [0.1, 0.15) is 19.4 Å². The van der Waals surface area contributed by atoms with Crippen LogP contribution in [0.2, 0.25) is 0 Å². The van der Waals surface area contributed by atoms with Gasteiger partial charge in [0.25, 0.3) is 0 Å². The standard InChI is InChI=1S/C18H14N4.C16H11N5.C14H14N4.C12H10N4.4Ir/c1-14-7-5-6-10-16(14)22-13-21(15-8-3-2-4-9-15)18-17(22)11-19-12-20-18;1-2-4-13(5-3-1)21-12-20(14-6-8-17-9-7-14)15-10-18-11-19-16(15)21;1-11(2)17-10-18(12-6-4-3-5-7-12)14-13(17)8-15-9-16-14;1-15-9-16(10-5-3-2-4-6-10)12-11(15)7-13-8-14-12;;;;/h2-8,10-13H,1H3;1-4,6-12H;3-6,8-11H,1-2H3;2-5,7-9H,1H3;;;;/q4*-2;;;;. The topological polar surface area (TPSA) is 142 Å². The number of pyridine rings is 1. The fraction of sp³-hybridized carbons (Fsp3) is 0.0833. The molecule has 0 saturated heterocycles. The van der Waals surface area contributed by atoms with Gasteiger partial charge in [0.05, 0.1) is 47.5 Å². The first-order valence-electron chi connectivity index (χ1n) is 24.6. The second-order valence-corrected chi connectivity index (χ2v) is 17.7. The number of aromatic nitrogens is 9. The Bertz CT molecular complexity index is 3470. The molecule has 5 aromatic heterocycles. The molecule has 14 rings (SSSR count). The first kappa shape index (κ1) is 61.2. The molecular formula is C60H49Ir4N17-8. The molecule has 0 fully saturated rings. The van der Waals surface area contributed by atoms with Crippen molar-refractivity contribution < 1.29 is 80.4 Å². The van der Waals surface area contributed by atoms with E-state index >= 15 is 0 Å². The summed E-state index contributed by atoms with van der Waals surface area (Å²) in [5.74, 6) is 3.49. The zero-order valence-electron chi connectivity index (χ0n) is 43.8. The van der Waals surface area contributed by atoms with Gasteiger partial charge in [0.2, 0.25) is 0 Å². The molecule has 0 atom stereocenters. The van der Waals surface area contributed by atoms with Crippen LogP contribution in [0.3, 0.4) is 0 Å². The smallest absolute Gasteiger partial charge is 0.128 e. The number of aryl methyl sites for hydroxylation is 1. The normalized spacial score (nSPS) is 13.0. The van der Waals surface area contributed by atoms with E-state index in [9.17, 15) is 0 Å². The predicted octanol–water partition coefficient (Wildman–Crippen LogP) is 11.8. The summed E-state index contributed by atoms with van der Waals surface area (Å²) in [4.78, 5) is 54.4. The molecule has 81 heavy (non-hydrogen) atoms. The summed E-state index contributed by atoms with van der Waals surface area (Å²) in [6.45, 7) is 14.4. The minimum atomic E-state index is 0. The molecule has 4 aliphatic rings. The molecule has 4 aliphatic heterocycles. The molecule has 0 unspecified atom stereocenters. The zero-order valence-corrected chi connectivity index (χ0v) is 53.4. The van der Waals surface area contributed by atoms with E-state index in [0.717, 1.165) is 80.1 Å². The van der Waals surface area contributed by atoms with Gasteiger partial charge in [0.1, 0.15) is 48.6 Å². The molecular weight excluding hydrogens is 1730 g/mol. The van der Waals surface area contributed by atoms with Crippen molar-refractivity contribution in [2.45, 2.75) is 26.8 Å². The summed E-state index contributed by atoms with van der Waals surface area (Å²) < 4.78 is 0. The molecule has 5 aromatic carbocycles. The fourth-order valence-corrected chi connectivity index (χ4v) is 8.76. The molecule has 0 spiro atoms. The number of anilines is 14. The number of rotatable bonds is 7. The first-order chi connectivity index (χ1) is 37.9. The van der Waals surface area contributed by atoms with Gasteiger partial charge in [0, 0.05) is 104 Å². The Hall–Kier alpha value is -7.43. The van der Waals surface area contributed by atoms with Crippen LogP contribution < -0.4 is 39.2 Å².